The lowest BCUT2D eigenvalue weighted by atomic mass is 9.97. The van der Waals surface area contributed by atoms with Crippen molar-refractivity contribution in [1.82, 2.24) is 4.98 Å². The van der Waals surface area contributed by atoms with Crippen LogP contribution in [0, 0.1) is 0 Å². The molecule has 2 aromatic rings. The Labute approximate surface area is 156 Å². The Kier molecular flexibility index (Phi) is 9.20. The maximum absolute atomic E-state index is 10.5. The molecule has 0 saturated heterocycles. The molecule has 0 saturated carbocycles. The van der Waals surface area contributed by atoms with E-state index < -0.39 is 5.97 Å². The molecule has 1 heterocycles. The summed E-state index contributed by atoms with van der Waals surface area (Å²) in [5.74, 6) is -0.681. The fourth-order valence-corrected chi connectivity index (χ4v) is 3.09. The molecule has 1 aromatic carbocycles. The van der Waals surface area contributed by atoms with E-state index in [-0.39, 0.29) is 0 Å². The SMILES string of the molecule is O=C(O)CCCCCCCCCC=C(c1ccccc1)c1cccnc1. The monoisotopic (exact) mass is 351 g/mol. The largest absolute Gasteiger partial charge is 0.481 e. The first-order valence-corrected chi connectivity index (χ1v) is 9.65. The van der Waals surface area contributed by atoms with Crippen LogP contribution in [-0.2, 0) is 4.79 Å². The zero-order valence-electron chi connectivity index (χ0n) is 15.4. The first-order chi connectivity index (χ1) is 12.8. The van der Waals surface area contributed by atoms with Crippen molar-refractivity contribution in [2.45, 2.75) is 57.8 Å². The molecule has 0 radical (unpaired) electrons. The van der Waals surface area contributed by atoms with Crippen molar-refractivity contribution in [2.24, 2.45) is 0 Å². The van der Waals surface area contributed by atoms with Crippen LogP contribution in [-0.4, -0.2) is 16.1 Å². The lowest BCUT2D eigenvalue weighted by Gasteiger charge is -2.08. The minimum Gasteiger partial charge on any atom is -0.481 e. The number of carbonyl (C=O) groups is 1. The Morgan fingerprint density at radius 1 is 0.846 bits per heavy atom. The molecule has 3 nitrogen and oxygen atoms in total. The van der Waals surface area contributed by atoms with Gasteiger partial charge >= 0.3 is 5.97 Å². The molecule has 138 valence electrons. The van der Waals surface area contributed by atoms with Gasteiger partial charge in [0.05, 0.1) is 0 Å². The van der Waals surface area contributed by atoms with Gasteiger partial charge in [0.15, 0.2) is 0 Å². The molecule has 0 aliphatic carbocycles. The summed E-state index contributed by atoms with van der Waals surface area (Å²) in [4.78, 5) is 14.7. The van der Waals surface area contributed by atoms with Crippen molar-refractivity contribution in [3.05, 3.63) is 72.1 Å². The molecule has 0 aliphatic heterocycles. The third kappa shape index (κ3) is 7.64. The van der Waals surface area contributed by atoms with E-state index >= 15 is 0 Å². The van der Waals surface area contributed by atoms with Crippen LogP contribution in [0.15, 0.2) is 60.9 Å². The predicted molar refractivity (Wildman–Crippen MR) is 107 cm³/mol. The highest BCUT2D eigenvalue weighted by Gasteiger charge is 2.04. The summed E-state index contributed by atoms with van der Waals surface area (Å²) in [5.41, 5.74) is 3.66. The van der Waals surface area contributed by atoms with E-state index in [1.54, 1.807) is 0 Å². The number of pyridine rings is 1. The van der Waals surface area contributed by atoms with Gasteiger partial charge in [0.2, 0.25) is 0 Å². The quantitative estimate of drug-likeness (QED) is 0.469. The van der Waals surface area contributed by atoms with E-state index in [0.717, 1.165) is 31.2 Å². The van der Waals surface area contributed by atoms with Crippen LogP contribution in [0.5, 0.6) is 0 Å². The third-order valence-corrected chi connectivity index (χ3v) is 4.50. The Morgan fingerprint density at radius 2 is 1.50 bits per heavy atom. The Hall–Kier alpha value is -2.42. The number of benzene rings is 1. The minimum atomic E-state index is -0.681. The molecule has 3 heteroatoms. The molecule has 26 heavy (non-hydrogen) atoms. The molecular weight excluding hydrogens is 322 g/mol. The number of carboxylic acid groups (broad SMARTS) is 1. The summed E-state index contributed by atoms with van der Waals surface area (Å²) >= 11 is 0. The number of aliphatic carboxylic acids is 1. The first kappa shape index (κ1) is 19.9. The summed E-state index contributed by atoms with van der Waals surface area (Å²) in [7, 11) is 0. The van der Waals surface area contributed by atoms with Crippen LogP contribution in [0.1, 0.15) is 68.9 Å². The van der Waals surface area contributed by atoms with E-state index in [0.29, 0.717) is 6.42 Å². The van der Waals surface area contributed by atoms with Gasteiger partial charge < -0.3 is 5.11 Å². The zero-order chi connectivity index (χ0) is 18.5. The number of nitrogens with zero attached hydrogens (tertiary/aromatic N) is 1. The average molecular weight is 351 g/mol. The molecule has 0 atom stereocenters. The molecule has 0 bridgehead atoms. The molecule has 1 N–H and O–H groups in total. The van der Waals surface area contributed by atoms with Crippen LogP contribution in [0.2, 0.25) is 0 Å². The van der Waals surface area contributed by atoms with Crippen LogP contribution in [0.3, 0.4) is 0 Å². The second kappa shape index (κ2) is 12.0. The van der Waals surface area contributed by atoms with Crippen molar-refractivity contribution >= 4 is 11.5 Å². The van der Waals surface area contributed by atoms with Crippen molar-refractivity contribution in [1.29, 1.82) is 0 Å². The lowest BCUT2D eigenvalue weighted by Crippen LogP contribution is -1.93. The van der Waals surface area contributed by atoms with Crippen molar-refractivity contribution in [3.8, 4) is 0 Å². The van der Waals surface area contributed by atoms with Crippen LogP contribution >= 0.6 is 0 Å². The minimum absolute atomic E-state index is 0.307. The van der Waals surface area contributed by atoms with Gasteiger partial charge in [0.1, 0.15) is 0 Å². The smallest absolute Gasteiger partial charge is 0.303 e. The second-order valence-corrected chi connectivity index (χ2v) is 6.63. The number of rotatable bonds is 12. The van der Waals surface area contributed by atoms with E-state index in [4.69, 9.17) is 5.11 Å². The van der Waals surface area contributed by atoms with E-state index in [2.05, 4.69) is 41.4 Å². The van der Waals surface area contributed by atoms with E-state index in [1.165, 1.54) is 36.8 Å². The number of unbranched alkanes of at least 4 members (excludes halogenated alkanes) is 7. The van der Waals surface area contributed by atoms with Crippen LogP contribution in [0.4, 0.5) is 0 Å². The van der Waals surface area contributed by atoms with Crippen molar-refractivity contribution < 1.29 is 9.90 Å². The van der Waals surface area contributed by atoms with Gasteiger partial charge in [0, 0.05) is 24.4 Å². The predicted octanol–water partition coefficient (Wildman–Crippen LogP) is 6.11. The number of hydrogen-bond acceptors (Lipinski definition) is 2. The molecule has 0 aliphatic rings. The van der Waals surface area contributed by atoms with Crippen molar-refractivity contribution in [2.75, 3.05) is 0 Å². The molecular formula is C23H29NO2. The van der Waals surface area contributed by atoms with Crippen molar-refractivity contribution in [3.63, 3.8) is 0 Å². The Balaban J connectivity index is 1.74. The number of allylic oxidation sites excluding steroid dienone is 1. The maximum atomic E-state index is 10.5. The van der Waals surface area contributed by atoms with Gasteiger partial charge in [-0.05, 0) is 36.5 Å². The van der Waals surface area contributed by atoms with Crippen LogP contribution < -0.4 is 0 Å². The Bertz CT molecular complexity index is 624. The van der Waals surface area contributed by atoms with Gasteiger partial charge in [-0.1, -0.05) is 74.6 Å². The summed E-state index contributed by atoms with van der Waals surface area (Å²) < 4.78 is 0. The zero-order valence-corrected chi connectivity index (χ0v) is 15.4. The highest BCUT2D eigenvalue weighted by molar-refractivity contribution is 5.79. The first-order valence-electron chi connectivity index (χ1n) is 9.65. The lowest BCUT2D eigenvalue weighted by molar-refractivity contribution is -0.137. The molecule has 2 rings (SSSR count). The van der Waals surface area contributed by atoms with Gasteiger partial charge in [-0.15, -0.1) is 0 Å². The summed E-state index contributed by atoms with van der Waals surface area (Å²) in [5, 5.41) is 8.61. The maximum Gasteiger partial charge on any atom is 0.303 e. The number of carboxylic acids is 1. The summed E-state index contributed by atoms with van der Waals surface area (Å²) in [6.45, 7) is 0. The molecule has 1 aromatic heterocycles. The highest BCUT2D eigenvalue weighted by atomic mass is 16.4. The van der Waals surface area contributed by atoms with E-state index in [1.807, 2.05) is 24.5 Å². The fraction of sp³-hybridized carbons (Fsp3) is 0.391. The number of hydrogen-bond donors (Lipinski definition) is 1. The molecule has 0 spiro atoms. The highest BCUT2D eigenvalue weighted by Crippen LogP contribution is 2.24. The van der Waals surface area contributed by atoms with Crippen LogP contribution in [0.25, 0.3) is 5.57 Å². The topological polar surface area (TPSA) is 50.2 Å². The van der Waals surface area contributed by atoms with E-state index in [9.17, 15) is 4.79 Å². The van der Waals surface area contributed by atoms with Gasteiger partial charge in [-0.3, -0.25) is 9.78 Å². The van der Waals surface area contributed by atoms with Gasteiger partial charge in [0.25, 0.3) is 0 Å². The standard InChI is InChI=1S/C23H29NO2/c25-23(26)17-11-6-4-2-1-3-5-10-16-22(20-13-8-7-9-14-20)21-15-12-18-24-19-21/h7-9,12-16,18-19H,1-6,10-11,17H2,(H,25,26). The molecule has 0 amide bonds. The number of aromatic nitrogens is 1. The normalized spacial score (nSPS) is 11.5. The Morgan fingerprint density at radius 3 is 2.15 bits per heavy atom. The van der Waals surface area contributed by atoms with Gasteiger partial charge in [-0.25, -0.2) is 0 Å². The summed E-state index contributed by atoms with van der Waals surface area (Å²) in [6.07, 6.45) is 15.3. The molecule has 0 fully saturated rings. The summed E-state index contributed by atoms with van der Waals surface area (Å²) in [6, 6.07) is 14.6. The molecule has 0 unspecified atom stereocenters. The third-order valence-electron chi connectivity index (χ3n) is 4.50. The second-order valence-electron chi connectivity index (χ2n) is 6.63. The fourth-order valence-electron chi connectivity index (χ4n) is 3.09. The van der Waals surface area contributed by atoms with Gasteiger partial charge in [-0.2, -0.15) is 0 Å². The average Bonchev–Trinajstić information content (AvgIpc) is 2.67.